The normalized spacial score (nSPS) is 11.2. The van der Waals surface area contributed by atoms with Crippen LogP contribution in [0.4, 0.5) is 0 Å². The minimum Gasteiger partial charge on any atom is -0.276 e. The van der Waals surface area contributed by atoms with E-state index in [-0.39, 0.29) is 0 Å². The number of nitrogens with zero attached hydrogens (tertiary/aromatic N) is 5. The maximum atomic E-state index is 4.43. The number of fused-ring (bicyclic) bond motifs is 1. The van der Waals surface area contributed by atoms with Crippen LogP contribution in [-0.4, -0.2) is 23.7 Å². The second kappa shape index (κ2) is 3.85. The Hall–Kier alpha value is -1.34. The van der Waals surface area contributed by atoms with Crippen molar-refractivity contribution in [2.24, 2.45) is 7.05 Å². The number of hydrogen-bond acceptors (Lipinski definition) is 4. The van der Waals surface area contributed by atoms with Gasteiger partial charge in [-0.05, 0) is 15.9 Å². The monoisotopic (exact) mass is 309 g/mol. The maximum Gasteiger partial charge on any atom is 0.169 e. The third-order valence-electron chi connectivity index (χ3n) is 2.46. The topological polar surface area (TPSA) is 48.5 Å². The van der Waals surface area contributed by atoms with Crippen LogP contribution in [0, 0.1) is 0 Å². The summed E-state index contributed by atoms with van der Waals surface area (Å²) in [6.07, 6.45) is 7.27. The molecule has 0 aliphatic rings. The largest absolute Gasteiger partial charge is 0.276 e. The summed E-state index contributed by atoms with van der Waals surface area (Å²) in [6.45, 7) is 0. The molecule has 0 spiro atoms. The molecule has 0 bridgehead atoms. The molecule has 5 nitrogen and oxygen atoms in total. The van der Waals surface area contributed by atoms with E-state index in [0.717, 1.165) is 22.3 Å². The van der Waals surface area contributed by atoms with Crippen LogP contribution in [0.1, 0.15) is 0 Å². The van der Waals surface area contributed by atoms with Crippen LogP contribution in [0.2, 0.25) is 0 Å². The van der Waals surface area contributed by atoms with Crippen LogP contribution in [0.15, 0.2) is 29.4 Å². The summed E-state index contributed by atoms with van der Waals surface area (Å²) in [5.74, 6) is 0. The Morgan fingerprint density at radius 2 is 2.12 bits per heavy atom. The quantitative estimate of drug-likeness (QED) is 0.702. The molecular formula is C10H8BrN5S. The third-order valence-corrected chi connectivity index (χ3v) is 3.15. The van der Waals surface area contributed by atoms with Crippen molar-refractivity contribution in [3.63, 3.8) is 0 Å². The molecule has 7 heteroatoms. The van der Waals surface area contributed by atoms with Crippen LogP contribution in [-0.2, 0) is 7.05 Å². The second-order valence-electron chi connectivity index (χ2n) is 3.65. The van der Waals surface area contributed by atoms with Crippen LogP contribution >= 0.6 is 28.7 Å². The van der Waals surface area contributed by atoms with Crippen molar-refractivity contribution in [2.45, 2.75) is 0 Å². The first-order chi connectivity index (χ1) is 8.15. The molecule has 0 unspecified atom stereocenters. The van der Waals surface area contributed by atoms with Gasteiger partial charge in [-0.2, -0.15) is 5.10 Å². The van der Waals surface area contributed by atoms with Crippen molar-refractivity contribution >= 4 is 39.9 Å². The summed E-state index contributed by atoms with van der Waals surface area (Å²) >= 11 is 7.66. The summed E-state index contributed by atoms with van der Waals surface area (Å²) in [4.78, 5) is 8.71. The van der Waals surface area contributed by atoms with Gasteiger partial charge in [0.05, 0.1) is 12.4 Å². The molecule has 3 rings (SSSR count). The van der Waals surface area contributed by atoms with Crippen molar-refractivity contribution in [1.82, 2.24) is 23.7 Å². The van der Waals surface area contributed by atoms with Gasteiger partial charge in [0.2, 0.25) is 0 Å². The highest BCUT2D eigenvalue weighted by Crippen LogP contribution is 2.29. The lowest BCUT2D eigenvalue weighted by Gasteiger charge is -1.94. The lowest BCUT2D eigenvalue weighted by atomic mass is 10.2. The van der Waals surface area contributed by atoms with Gasteiger partial charge in [0.25, 0.3) is 0 Å². The van der Waals surface area contributed by atoms with E-state index in [9.17, 15) is 0 Å². The molecule has 0 radical (unpaired) electrons. The zero-order valence-electron chi connectivity index (χ0n) is 8.87. The first-order valence-corrected chi connectivity index (χ1v) is 6.06. The standard InChI is InChI=1S/C10H8BrN5S/c1-15-4-6(2-13-15)7-5-16(17)10-9(7)14-8(11)3-12-10/h2-5,17H,1H3. The van der Waals surface area contributed by atoms with Crippen LogP contribution < -0.4 is 0 Å². The van der Waals surface area contributed by atoms with Gasteiger partial charge in [0, 0.05) is 30.6 Å². The summed E-state index contributed by atoms with van der Waals surface area (Å²) in [5, 5.41) is 4.15. The third kappa shape index (κ3) is 1.75. The summed E-state index contributed by atoms with van der Waals surface area (Å²) in [6, 6.07) is 0. The lowest BCUT2D eigenvalue weighted by Crippen LogP contribution is -1.85. The molecule has 86 valence electrons. The molecule has 0 fully saturated rings. The fraction of sp³-hybridized carbons (Fsp3) is 0.100. The average molecular weight is 310 g/mol. The van der Waals surface area contributed by atoms with E-state index in [1.807, 2.05) is 19.4 Å². The molecule has 0 aromatic carbocycles. The molecular weight excluding hydrogens is 302 g/mol. The van der Waals surface area contributed by atoms with E-state index in [1.165, 1.54) is 0 Å². The summed E-state index contributed by atoms with van der Waals surface area (Å²) in [5.41, 5.74) is 3.51. The Kier molecular flexibility index (Phi) is 2.44. The van der Waals surface area contributed by atoms with Gasteiger partial charge in [-0.15, -0.1) is 0 Å². The minimum atomic E-state index is 0.703. The fourth-order valence-corrected chi connectivity index (χ4v) is 2.27. The molecule has 0 N–H and O–H groups in total. The van der Waals surface area contributed by atoms with Crippen LogP contribution in [0.5, 0.6) is 0 Å². The lowest BCUT2D eigenvalue weighted by molar-refractivity contribution is 0.768. The first kappa shape index (κ1) is 10.8. The zero-order valence-corrected chi connectivity index (χ0v) is 11.4. The highest BCUT2D eigenvalue weighted by molar-refractivity contribution is 9.10. The number of halogens is 1. The molecule has 3 aromatic heterocycles. The Morgan fingerprint density at radius 1 is 1.29 bits per heavy atom. The van der Waals surface area contributed by atoms with E-state index < -0.39 is 0 Å². The van der Waals surface area contributed by atoms with Gasteiger partial charge in [-0.1, -0.05) is 12.8 Å². The summed E-state index contributed by atoms with van der Waals surface area (Å²) in [7, 11) is 1.88. The molecule has 3 aromatic rings. The molecule has 3 heterocycles. The molecule has 0 aliphatic carbocycles. The smallest absolute Gasteiger partial charge is 0.169 e. The van der Waals surface area contributed by atoms with Crippen LogP contribution in [0.25, 0.3) is 22.3 Å². The van der Waals surface area contributed by atoms with E-state index in [0.29, 0.717) is 4.60 Å². The Morgan fingerprint density at radius 3 is 2.82 bits per heavy atom. The molecule has 0 saturated heterocycles. The molecule has 0 atom stereocenters. The molecule has 17 heavy (non-hydrogen) atoms. The predicted octanol–water partition coefficient (Wildman–Crippen LogP) is 2.29. The fourth-order valence-electron chi connectivity index (χ4n) is 1.73. The Labute approximate surface area is 111 Å². The molecule has 0 aliphatic heterocycles. The average Bonchev–Trinajstić information content (AvgIpc) is 2.83. The highest BCUT2D eigenvalue weighted by atomic mass is 79.9. The number of thiol groups is 1. The summed E-state index contributed by atoms with van der Waals surface area (Å²) < 4.78 is 4.12. The van der Waals surface area contributed by atoms with Gasteiger partial charge < -0.3 is 0 Å². The number of rotatable bonds is 1. The van der Waals surface area contributed by atoms with Gasteiger partial charge in [-0.25, -0.2) is 9.97 Å². The zero-order chi connectivity index (χ0) is 12.0. The maximum absolute atomic E-state index is 4.43. The van der Waals surface area contributed by atoms with Gasteiger partial charge >= 0.3 is 0 Å². The van der Waals surface area contributed by atoms with Crippen molar-refractivity contribution < 1.29 is 0 Å². The number of aromatic nitrogens is 5. The van der Waals surface area contributed by atoms with E-state index in [2.05, 4.69) is 43.8 Å². The number of hydrogen-bond donors (Lipinski definition) is 1. The van der Waals surface area contributed by atoms with Crippen molar-refractivity contribution in [2.75, 3.05) is 0 Å². The minimum absolute atomic E-state index is 0.703. The van der Waals surface area contributed by atoms with E-state index in [1.54, 1.807) is 21.0 Å². The molecule has 0 saturated carbocycles. The van der Waals surface area contributed by atoms with Crippen molar-refractivity contribution in [3.8, 4) is 11.1 Å². The SMILES string of the molecule is Cn1cc(-c2cn(S)c3ncc(Br)nc23)cn1. The van der Waals surface area contributed by atoms with Crippen molar-refractivity contribution in [3.05, 3.63) is 29.4 Å². The van der Waals surface area contributed by atoms with E-state index >= 15 is 0 Å². The van der Waals surface area contributed by atoms with Crippen molar-refractivity contribution in [1.29, 1.82) is 0 Å². The van der Waals surface area contributed by atoms with Crippen LogP contribution in [0.3, 0.4) is 0 Å². The van der Waals surface area contributed by atoms with Gasteiger partial charge in [0.15, 0.2) is 5.65 Å². The number of aryl methyl sites for hydroxylation is 1. The molecule has 0 amide bonds. The van der Waals surface area contributed by atoms with E-state index in [4.69, 9.17) is 0 Å². The first-order valence-electron chi connectivity index (χ1n) is 4.87. The Balaban J connectivity index is 2.33. The highest BCUT2D eigenvalue weighted by Gasteiger charge is 2.13. The second-order valence-corrected chi connectivity index (χ2v) is 4.90. The van der Waals surface area contributed by atoms with Gasteiger partial charge in [0.1, 0.15) is 10.1 Å². The van der Waals surface area contributed by atoms with Gasteiger partial charge in [-0.3, -0.25) is 8.65 Å². The Bertz CT molecular complexity index is 702. The predicted molar refractivity (Wildman–Crippen MR) is 71.8 cm³/mol.